The lowest BCUT2D eigenvalue weighted by molar-refractivity contribution is 0.322. The first kappa shape index (κ1) is 18.5. The molecular formula is C23H30ClN. The van der Waals surface area contributed by atoms with Gasteiger partial charge in [-0.15, -0.1) is 11.6 Å². The number of nitrogens with zero attached hydrogens (tertiary/aromatic N) is 1. The molecule has 3 rings (SSSR count). The predicted octanol–water partition coefficient (Wildman–Crippen LogP) is 6.02. The van der Waals surface area contributed by atoms with Gasteiger partial charge in [0.05, 0.1) is 0 Å². The molecule has 0 bridgehead atoms. The van der Waals surface area contributed by atoms with E-state index in [4.69, 9.17) is 11.6 Å². The Kier molecular flexibility index (Phi) is 6.95. The Labute approximate surface area is 158 Å². The van der Waals surface area contributed by atoms with Gasteiger partial charge in [0, 0.05) is 17.8 Å². The van der Waals surface area contributed by atoms with Crippen LogP contribution in [0.5, 0.6) is 0 Å². The van der Waals surface area contributed by atoms with Gasteiger partial charge >= 0.3 is 0 Å². The fraction of sp³-hybridized carbons (Fsp3) is 0.478. The Bertz CT molecular complexity index is 622. The fourth-order valence-corrected chi connectivity index (χ4v) is 4.35. The van der Waals surface area contributed by atoms with Gasteiger partial charge in [0.1, 0.15) is 0 Å². The van der Waals surface area contributed by atoms with Crippen LogP contribution in [0.2, 0.25) is 0 Å². The lowest BCUT2D eigenvalue weighted by atomic mass is 9.83. The summed E-state index contributed by atoms with van der Waals surface area (Å²) in [6.07, 6.45) is 7.38. The Hall–Kier alpha value is -1.31. The Morgan fingerprint density at radius 3 is 2.36 bits per heavy atom. The lowest BCUT2D eigenvalue weighted by Crippen LogP contribution is -2.19. The molecule has 0 spiro atoms. The zero-order valence-electron chi connectivity index (χ0n) is 15.3. The number of alkyl halides is 1. The van der Waals surface area contributed by atoms with Crippen molar-refractivity contribution < 1.29 is 0 Å². The molecule has 0 aliphatic heterocycles. The second-order valence-corrected chi connectivity index (χ2v) is 8.04. The highest BCUT2D eigenvalue weighted by atomic mass is 35.5. The minimum atomic E-state index is 0.325. The highest BCUT2D eigenvalue weighted by molar-refractivity contribution is 6.21. The SMILES string of the molecule is CN(CCCc1ccc(C2CCCCC2Cl)cc1)Cc1ccccc1. The van der Waals surface area contributed by atoms with Gasteiger partial charge < -0.3 is 4.90 Å². The summed E-state index contributed by atoms with van der Waals surface area (Å²) >= 11 is 6.54. The molecule has 1 saturated carbocycles. The van der Waals surface area contributed by atoms with Crippen LogP contribution in [0.4, 0.5) is 0 Å². The molecule has 0 radical (unpaired) electrons. The van der Waals surface area contributed by atoms with E-state index < -0.39 is 0 Å². The molecular weight excluding hydrogens is 326 g/mol. The second kappa shape index (κ2) is 9.40. The summed E-state index contributed by atoms with van der Waals surface area (Å²) < 4.78 is 0. The van der Waals surface area contributed by atoms with Crippen LogP contribution in [0.15, 0.2) is 54.6 Å². The van der Waals surface area contributed by atoms with Crippen LogP contribution in [0.1, 0.15) is 54.7 Å². The molecule has 0 N–H and O–H groups in total. The maximum absolute atomic E-state index is 6.54. The average Bonchev–Trinajstić information content (AvgIpc) is 2.64. The van der Waals surface area contributed by atoms with Gasteiger partial charge in [0.15, 0.2) is 0 Å². The number of hydrogen-bond donors (Lipinski definition) is 0. The largest absolute Gasteiger partial charge is 0.302 e. The maximum atomic E-state index is 6.54. The summed E-state index contributed by atoms with van der Waals surface area (Å²) in [5.74, 6) is 0.557. The quantitative estimate of drug-likeness (QED) is 0.549. The topological polar surface area (TPSA) is 3.24 Å². The summed E-state index contributed by atoms with van der Waals surface area (Å²) in [4.78, 5) is 2.41. The molecule has 134 valence electrons. The monoisotopic (exact) mass is 355 g/mol. The van der Waals surface area contributed by atoms with Crippen LogP contribution in [0.3, 0.4) is 0 Å². The van der Waals surface area contributed by atoms with Crippen molar-refractivity contribution in [1.82, 2.24) is 4.90 Å². The highest BCUT2D eigenvalue weighted by Crippen LogP contribution is 2.36. The Balaban J connectivity index is 1.44. The molecule has 1 fully saturated rings. The molecule has 1 nitrogen and oxygen atoms in total. The lowest BCUT2D eigenvalue weighted by Gasteiger charge is -2.27. The van der Waals surface area contributed by atoms with Crippen LogP contribution < -0.4 is 0 Å². The zero-order valence-corrected chi connectivity index (χ0v) is 16.1. The van der Waals surface area contributed by atoms with E-state index in [9.17, 15) is 0 Å². The van der Waals surface area contributed by atoms with E-state index in [0.717, 1.165) is 19.5 Å². The number of benzene rings is 2. The standard InChI is InChI=1S/C23H30ClN/c1-25(18-20-8-3-2-4-9-20)17-7-10-19-13-15-21(16-14-19)22-11-5-6-12-23(22)24/h2-4,8-9,13-16,22-23H,5-7,10-12,17-18H2,1H3. The number of halogens is 1. The Morgan fingerprint density at radius 2 is 1.64 bits per heavy atom. The predicted molar refractivity (Wildman–Crippen MR) is 108 cm³/mol. The van der Waals surface area contributed by atoms with Crippen molar-refractivity contribution in [3.8, 4) is 0 Å². The summed E-state index contributed by atoms with van der Waals surface area (Å²) in [6.45, 7) is 2.15. The van der Waals surface area contributed by atoms with Crippen LogP contribution in [0, 0.1) is 0 Å². The van der Waals surface area contributed by atoms with E-state index in [-0.39, 0.29) is 0 Å². The van der Waals surface area contributed by atoms with Gasteiger partial charge in [0.25, 0.3) is 0 Å². The third-order valence-corrected chi connectivity index (χ3v) is 5.91. The van der Waals surface area contributed by atoms with Crippen LogP contribution >= 0.6 is 11.6 Å². The second-order valence-electron chi connectivity index (χ2n) is 7.48. The van der Waals surface area contributed by atoms with Crippen molar-refractivity contribution in [3.63, 3.8) is 0 Å². The van der Waals surface area contributed by atoms with Gasteiger partial charge in [0.2, 0.25) is 0 Å². The van der Waals surface area contributed by atoms with Crippen molar-refractivity contribution in [3.05, 3.63) is 71.3 Å². The summed E-state index contributed by atoms with van der Waals surface area (Å²) in [5.41, 5.74) is 4.26. The van der Waals surface area contributed by atoms with Gasteiger partial charge in [-0.25, -0.2) is 0 Å². The first-order valence-electron chi connectivity index (χ1n) is 9.68. The normalized spacial score (nSPS) is 20.8. The fourth-order valence-electron chi connectivity index (χ4n) is 3.92. The third kappa shape index (κ3) is 5.59. The summed E-state index contributed by atoms with van der Waals surface area (Å²) in [6, 6.07) is 19.9. The molecule has 0 aromatic heterocycles. The van der Waals surface area contributed by atoms with Crippen molar-refractivity contribution in [2.24, 2.45) is 0 Å². The molecule has 2 atom stereocenters. The molecule has 2 heteroatoms. The molecule has 2 unspecified atom stereocenters. The molecule has 1 aliphatic carbocycles. The van der Waals surface area contributed by atoms with Crippen LogP contribution in [-0.4, -0.2) is 23.9 Å². The number of hydrogen-bond acceptors (Lipinski definition) is 1. The number of rotatable bonds is 7. The van der Waals surface area contributed by atoms with E-state index in [1.807, 2.05) is 0 Å². The molecule has 2 aromatic rings. The smallest absolute Gasteiger partial charge is 0.0404 e. The molecule has 1 aliphatic rings. The number of aryl methyl sites for hydroxylation is 1. The summed E-state index contributed by atoms with van der Waals surface area (Å²) in [7, 11) is 2.21. The van der Waals surface area contributed by atoms with E-state index in [0.29, 0.717) is 11.3 Å². The molecule has 0 heterocycles. The van der Waals surface area contributed by atoms with Crippen molar-refractivity contribution in [2.45, 2.75) is 56.4 Å². The van der Waals surface area contributed by atoms with Crippen molar-refractivity contribution in [2.75, 3.05) is 13.6 Å². The Morgan fingerprint density at radius 1 is 0.920 bits per heavy atom. The molecule has 2 aromatic carbocycles. The highest BCUT2D eigenvalue weighted by Gasteiger charge is 2.24. The van der Waals surface area contributed by atoms with Crippen molar-refractivity contribution in [1.29, 1.82) is 0 Å². The molecule has 25 heavy (non-hydrogen) atoms. The first-order chi connectivity index (χ1) is 12.2. The van der Waals surface area contributed by atoms with E-state index in [2.05, 4.69) is 66.5 Å². The van der Waals surface area contributed by atoms with E-state index in [1.54, 1.807) is 0 Å². The van der Waals surface area contributed by atoms with E-state index in [1.165, 1.54) is 48.8 Å². The minimum absolute atomic E-state index is 0.325. The average molecular weight is 356 g/mol. The summed E-state index contributed by atoms with van der Waals surface area (Å²) in [5, 5.41) is 0.325. The van der Waals surface area contributed by atoms with Gasteiger partial charge in [-0.05, 0) is 56.0 Å². The van der Waals surface area contributed by atoms with E-state index >= 15 is 0 Å². The van der Waals surface area contributed by atoms with Crippen molar-refractivity contribution >= 4 is 11.6 Å². The van der Waals surface area contributed by atoms with Crippen LogP contribution in [-0.2, 0) is 13.0 Å². The van der Waals surface area contributed by atoms with Gasteiger partial charge in [-0.3, -0.25) is 0 Å². The third-order valence-electron chi connectivity index (χ3n) is 5.39. The molecule has 0 amide bonds. The van der Waals surface area contributed by atoms with Gasteiger partial charge in [-0.1, -0.05) is 67.4 Å². The van der Waals surface area contributed by atoms with Crippen LogP contribution in [0.25, 0.3) is 0 Å². The minimum Gasteiger partial charge on any atom is -0.302 e. The van der Waals surface area contributed by atoms with Gasteiger partial charge in [-0.2, -0.15) is 0 Å². The molecule has 0 saturated heterocycles. The first-order valence-corrected chi connectivity index (χ1v) is 10.1. The zero-order chi connectivity index (χ0) is 17.5. The maximum Gasteiger partial charge on any atom is 0.0404 e.